The smallest absolute Gasteiger partial charge is 0.333 e. The van der Waals surface area contributed by atoms with Gasteiger partial charge in [0.1, 0.15) is 24.4 Å². The second-order valence-corrected chi connectivity index (χ2v) is 4.13. The zero-order valence-corrected chi connectivity index (χ0v) is 11.3. The Morgan fingerprint density at radius 1 is 1.15 bits per heavy atom. The summed E-state index contributed by atoms with van der Waals surface area (Å²) in [6.07, 6.45) is -6.89. The molecule has 0 aromatic carbocycles. The van der Waals surface area contributed by atoms with Crippen LogP contribution in [-0.2, 0) is 14.3 Å². The van der Waals surface area contributed by atoms with E-state index in [1.165, 1.54) is 6.92 Å². The van der Waals surface area contributed by atoms with Crippen LogP contribution in [-0.4, -0.2) is 74.9 Å². The lowest BCUT2D eigenvalue weighted by molar-refractivity contribution is -0.143. The molecule has 0 unspecified atom stereocenters. The average molecular weight is 292 g/mol. The van der Waals surface area contributed by atoms with Gasteiger partial charge in [0.2, 0.25) is 0 Å². The maximum absolute atomic E-state index is 11.6. The molecule has 8 heteroatoms. The van der Waals surface area contributed by atoms with E-state index in [0.29, 0.717) is 0 Å². The Kier molecular flexibility index (Phi) is 8.19. The first-order valence-electron chi connectivity index (χ1n) is 5.98. The van der Waals surface area contributed by atoms with E-state index in [0.717, 1.165) is 6.08 Å². The van der Waals surface area contributed by atoms with Crippen LogP contribution in [0, 0.1) is 0 Å². The molecule has 0 heterocycles. The van der Waals surface area contributed by atoms with Crippen molar-refractivity contribution in [3.63, 3.8) is 0 Å². The maximum Gasteiger partial charge on any atom is 0.333 e. The molecular formula is C12H20O8. The monoisotopic (exact) mass is 292 g/mol. The van der Waals surface area contributed by atoms with Crippen molar-refractivity contribution in [2.24, 2.45) is 0 Å². The van der Waals surface area contributed by atoms with E-state index >= 15 is 0 Å². The lowest BCUT2D eigenvalue weighted by Crippen LogP contribution is -2.48. The topological polar surface area (TPSA) is 145 Å². The molecule has 0 radical (unpaired) electrons. The van der Waals surface area contributed by atoms with Crippen molar-refractivity contribution in [3.05, 3.63) is 11.6 Å². The standard InChI is InChI=1S/C12H20O8/c1-3-20-12(19)6(2)4-7(14)9(16)11(18)10(17)8(15)5-13/h4,8-11,13,15-18H,3,5H2,1-2H3/t8-,9+,10-,11-/m1/s1. The van der Waals surface area contributed by atoms with Gasteiger partial charge in [-0.25, -0.2) is 4.79 Å². The van der Waals surface area contributed by atoms with Crippen molar-refractivity contribution in [2.45, 2.75) is 38.3 Å². The highest BCUT2D eigenvalue weighted by molar-refractivity contribution is 6.01. The SMILES string of the molecule is CCOC(=O)C(C)=CC(=O)[C@H](O)[C@@H](O)[C@H](O)[C@H](O)CO. The minimum Gasteiger partial charge on any atom is -0.463 e. The summed E-state index contributed by atoms with van der Waals surface area (Å²) in [5, 5.41) is 46.0. The fourth-order valence-electron chi connectivity index (χ4n) is 1.29. The Balaban J connectivity index is 4.77. The average Bonchev–Trinajstić information content (AvgIpc) is 2.43. The summed E-state index contributed by atoms with van der Waals surface area (Å²) in [6.45, 7) is 2.13. The van der Waals surface area contributed by atoms with Gasteiger partial charge in [0.05, 0.1) is 13.2 Å². The summed E-state index contributed by atoms with van der Waals surface area (Å²) in [6, 6.07) is 0. The number of hydrogen-bond acceptors (Lipinski definition) is 8. The van der Waals surface area contributed by atoms with Crippen LogP contribution in [0.25, 0.3) is 0 Å². The van der Waals surface area contributed by atoms with Crippen LogP contribution >= 0.6 is 0 Å². The quantitative estimate of drug-likeness (QED) is 0.244. The summed E-state index contributed by atoms with van der Waals surface area (Å²) < 4.78 is 4.62. The van der Waals surface area contributed by atoms with Crippen molar-refractivity contribution in [3.8, 4) is 0 Å². The predicted molar refractivity (Wildman–Crippen MR) is 66.5 cm³/mol. The minimum atomic E-state index is -2.05. The molecule has 0 aromatic heterocycles. The predicted octanol–water partition coefficient (Wildman–Crippen LogP) is -2.50. The van der Waals surface area contributed by atoms with Gasteiger partial charge >= 0.3 is 5.97 Å². The van der Waals surface area contributed by atoms with E-state index in [9.17, 15) is 24.9 Å². The first-order valence-corrected chi connectivity index (χ1v) is 5.98. The number of hydrogen-bond donors (Lipinski definition) is 5. The third-order valence-electron chi connectivity index (χ3n) is 2.50. The zero-order valence-electron chi connectivity index (χ0n) is 11.3. The fourth-order valence-corrected chi connectivity index (χ4v) is 1.29. The highest BCUT2D eigenvalue weighted by atomic mass is 16.5. The molecule has 0 spiro atoms. The fraction of sp³-hybridized carbons (Fsp3) is 0.667. The summed E-state index contributed by atoms with van der Waals surface area (Å²) >= 11 is 0. The van der Waals surface area contributed by atoms with Gasteiger partial charge in [-0.1, -0.05) is 0 Å². The molecule has 0 amide bonds. The molecule has 0 bridgehead atoms. The lowest BCUT2D eigenvalue weighted by atomic mass is 9.99. The largest absolute Gasteiger partial charge is 0.463 e. The van der Waals surface area contributed by atoms with Gasteiger partial charge < -0.3 is 30.3 Å². The van der Waals surface area contributed by atoms with E-state index in [2.05, 4.69) is 4.74 Å². The molecule has 0 saturated carbocycles. The van der Waals surface area contributed by atoms with E-state index in [4.69, 9.17) is 10.2 Å². The van der Waals surface area contributed by atoms with Gasteiger partial charge in [-0.15, -0.1) is 0 Å². The molecule has 20 heavy (non-hydrogen) atoms. The molecular weight excluding hydrogens is 272 g/mol. The Labute approximate surface area is 115 Å². The van der Waals surface area contributed by atoms with Crippen LogP contribution in [0.1, 0.15) is 13.8 Å². The Bertz CT molecular complexity index is 364. The number of ketones is 1. The molecule has 0 aliphatic rings. The molecule has 0 aliphatic heterocycles. The van der Waals surface area contributed by atoms with Crippen molar-refractivity contribution >= 4 is 11.8 Å². The van der Waals surface area contributed by atoms with Crippen molar-refractivity contribution in [1.82, 2.24) is 0 Å². The third kappa shape index (κ3) is 5.35. The molecule has 0 aliphatic carbocycles. The van der Waals surface area contributed by atoms with Gasteiger partial charge in [-0.05, 0) is 19.9 Å². The van der Waals surface area contributed by atoms with Gasteiger partial charge in [0.15, 0.2) is 5.78 Å². The van der Waals surface area contributed by atoms with Crippen LogP contribution in [0.5, 0.6) is 0 Å². The molecule has 0 fully saturated rings. The van der Waals surface area contributed by atoms with Gasteiger partial charge in [0, 0.05) is 5.57 Å². The Hall–Kier alpha value is -1.32. The summed E-state index contributed by atoms with van der Waals surface area (Å²) in [5.74, 6) is -1.79. The number of esters is 1. The molecule has 0 rings (SSSR count). The summed E-state index contributed by atoms with van der Waals surface area (Å²) in [4.78, 5) is 22.8. The molecule has 0 aromatic rings. The number of carbonyl (C=O) groups is 2. The van der Waals surface area contributed by atoms with Gasteiger partial charge in [0.25, 0.3) is 0 Å². The number of aliphatic hydroxyl groups excluding tert-OH is 5. The van der Waals surface area contributed by atoms with Crippen LogP contribution in [0.15, 0.2) is 11.6 Å². The second-order valence-electron chi connectivity index (χ2n) is 4.13. The third-order valence-corrected chi connectivity index (χ3v) is 2.50. The normalized spacial score (nSPS) is 18.1. The molecule has 4 atom stereocenters. The number of aliphatic hydroxyl groups is 5. The summed E-state index contributed by atoms with van der Waals surface area (Å²) in [7, 11) is 0. The number of carbonyl (C=O) groups excluding carboxylic acids is 2. The first-order chi connectivity index (χ1) is 9.26. The van der Waals surface area contributed by atoms with E-state index < -0.39 is 42.8 Å². The molecule has 116 valence electrons. The van der Waals surface area contributed by atoms with Crippen LogP contribution in [0.2, 0.25) is 0 Å². The van der Waals surface area contributed by atoms with Crippen molar-refractivity contribution < 1.29 is 39.9 Å². The van der Waals surface area contributed by atoms with Gasteiger partial charge in [-0.3, -0.25) is 4.79 Å². The second kappa shape index (κ2) is 8.77. The van der Waals surface area contributed by atoms with E-state index in [-0.39, 0.29) is 12.2 Å². The highest BCUT2D eigenvalue weighted by Crippen LogP contribution is 2.08. The number of rotatable bonds is 8. The number of ether oxygens (including phenoxy) is 1. The first kappa shape index (κ1) is 18.7. The molecule has 8 nitrogen and oxygen atoms in total. The van der Waals surface area contributed by atoms with Crippen LogP contribution in [0.3, 0.4) is 0 Å². The van der Waals surface area contributed by atoms with Crippen LogP contribution in [0.4, 0.5) is 0 Å². The van der Waals surface area contributed by atoms with Crippen molar-refractivity contribution in [1.29, 1.82) is 0 Å². The molecule has 5 N–H and O–H groups in total. The Morgan fingerprint density at radius 2 is 1.70 bits per heavy atom. The van der Waals surface area contributed by atoms with Gasteiger partial charge in [-0.2, -0.15) is 0 Å². The van der Waals surface area contributed by atoms with Crippen molar-refractivity contribution in [2.75, 3.05) is 13.2 Å². The Morgan fingerprint density at radius 3 is 2.15 bits per heavy atom. The van der Waals surface area contributed by atoms with E-state index in [1.807, 2.05) is 0 Å². The summed E-state index contributed by atoms with van der Waals surface area (Å²) in [5.41, 5.74) is -0.0831. The minimum absolute atomic E-state index is 0.0831. The zero-order chi connectivity index (χ0) is 15.9. The highest BCUT2D eigenvalue weighted by Gasteiger charge is 2.33. The lowest BCUT2D eigenvalue weighted by Gasteiger charge is -2.24. The maximum atomic E-state index is 11.6. The van der Waals surface area contributed by atoms with Crippen LogP contribution < -0.4 is 0 Å². The molecule has 0 saturated heterocycles. The van der Waals surface area contributed by atoms with E-state index in [1.54, 1.807) is 6.92 Å².